The number of carboxylic acid groups (broad SMARTS) is 1. The number of aliphatic carboxylic acids is 1. The van der Waals surface area contributed by atoms with Gasteiger partial charge >= 0.3 is 5.97 Å². The van der Waals surface area contributed by atoms with Crippen molar-refractivity contribution in [3.63, 3.8) is 0 Å². The summed E-state index contributed by atoms with van der Waals surface area (Å²) in [6.45, 7) is 17.2. The molecule has 0 spiro atoms. The van der Waals surface area contributed by atoms with Crippen LogP contribution in [-0.2, 0) is 14.3 Å². The zero-order chi connectivity index (χ0) is 30.8. The second-order valence-electron chi connectivity index (χ2n) is 17.6. The molecule has 0 radical (unpaired) electrons. The number of allylic oxidation sites excluding steroid dienone is 2. The first-order valence-corrected chi connectivity index (χ1v) is 17.1. The highest BCUT2D eigenvalue weighted by molar-refractivity contribution is 5.76. The van der Waals surface area contributed by atoms with Gasteiger partial charge in [0.1, 0.15) is 0 Å². The molecule has 1 aromatic rings. The monoisotopic (exact) mass is 590 g/mol. The Labute approximate surface area is 258 Å². The lowest BCUT2D eigenvalue weighted by Crippen LogP contribution is -2.69. The van der Waals surface area contributed by atoms with Crippen LogP contribution in [0.25, 0.3) is 0 Å². The van der Waals surface area contributed by atoms with Crippen LogP contribution in [-0.4, -0.2) is 35.0 Å². The molecule has 2 N–H and O–H groups in total. The molecule has 1 aromatic carbocycles. The second-order valence-corrected chi connectivity index (χ2v) is 17.6. The van der Waals surface area contributed by atoms with Gasteiger partial charge in [-0.1, -0.05) is 83.0 Å². The summed E-state index contributed by atoms with van der Waals surface area (Å²) < 4.78 is 13.2. The van der Waals surface area contributed by atoms with E-state index < -0.39 is 23.8 Å². The van der Waals surface area contributed by atoms with Crippen LogP contribution >= 0.6 is 0 Å². The van der Waals surface area contributed by atoms with Crippen molar-refractivity contribution in [2.24, 2.45) is 50.2 Å². The maximum absolute atomic E-state index is 13.0. The van der Waals surface area contributed by atoms with E-state index in [1.54, 1.807) is 0 Å². The number of aryl methyl sites for hydroxylation is 1. The number of hydrogen-bond donors (Lipinski definition) is 2. The number of fused-ring (bicyclic) bond motifs is 9. The van der Waals surface area contributed by atoms with Gasteiger partial charge in [-0.15, -0.1) is 0 Å². The highest BCUT2D eigenvalue weighted by Gasteiger charge is 2.71. The number of ether oxygens (including phenoxy) is 2. The van der Waals surface area contributed by atoms with E-state index in [1.807, 2.05) is 0 Å². The zero-order valence-corrected chi connectivity index (χ0v) is 27.5. The lowest BCUT2D eigenvalue weighted by atomic mass is 9.33. The molecule has 6 aliphatic rings. The molecule has 0 amide bonds. The summed E-state index contributed by atoms with van der Waals surface area (Å²) >= 11 is 0. The molecular formula is C38H54O5. The van der Waals surface area contributed by atoms with Crippen molar-refractivity contribution in [3.8, 4) is 0 Å². The normalized spacial score (nSPS) is 50.2. The van der Waals surface area contributed by atoms with E-state index in [0.717, 1.165) is 63.4 Å². The van der Waals surface area contributed by atoms with Gasteiger partial charge in [0.05, 0.1) is 24.2 Å². The van der Waals surface area contributed by atoms with Gasteiger partial charge in [-0.05, 0) is 104 Å². The van der Waals surface area contributed by atoms with Gasteiger partial charge in [0.2, 0.25) is 0 Å². The van der Waals surface area contributed by atoms with Crippen LogP contribution in [0.1, 0.15) is 117 Å². The van der Waals surface area contributed by atoms with Crippen molar-refractivity contribution in [2.45, 2.75) is 125 Å². The van der Waals surface area contributed by atoms with Crippen molar-refractivity contribution >= 4 is 5.97 Å². The summed E-state index contributed by atoms with van der Waals surface area (Å²) in [4.78, 5) is 13.0. The third kappa shape index (κ3) is 3.95. The molecule has 5 fully saturated rings. The lowest BCUT2D eigenvalue weighted by Gasteiger charge is -2.72. The SMILES string of the molecule is Cc1ccc(C2OC[C@@]3(C)[C@@H]4CC[C@]5(C)[C@H](CC=C6[C@@H]7CC(C)(C)CC[C@]7(C(=O)O)CC[C@]65C)[C@@]4(C)C[C@@H](O)[C@@H]3O2)cc1. The Morgan fingerprint density at radius 1 is 0.884 bits per heavy atom. The Morgan fingerprint density at radius 2 is 1.58 bits per heavy atom. The Morgan fingerprint density at radius 3 is 2.28 bits per heavy atom. The fourth-order valence-electron chi connectivity index (χ4n) is 12.3. The minimum absolute atomic E-state index is 0.0280. The molecule has 1 heterocycles. The first kappa shape index (κ1) is 30.0. The Balaban J connectivity index is 1.23. The van der Waals surface area contributed by atoms with Crippen LogP contribution in [0.15, 0.2) is 35.9 Å². The van der Waals surface area contributed by atoms with E-state index >= 15 is 0 Å². The van der Waals surface area contributed by atoms with Gasteiger partial charge in [-0.2, -0.15) is 0 Å². The van der Waals surface area contributed by atoms with Gasteiger partial charge in [-0.3, -0.25) is 4.79 Å². The van der Waals surface area contributed by atoms with Crippen molar-refractivity contribution in [2.75, 3.05) is 6.61 Å². The molecule has 0 bridgehead atoms. The maximum atomic E-state index is 13.0. The predicted octanol–water partition coefficient (Wildman–Crippen LogP) is 8.25. The zero-order valence-electron chi connectivity index (χ0n) is 27.5. The van der Waals surface area contributed by atoms with Gasteiger partial charge in [0, 0.05) is 11.0 Å². The number of aliphatic hydroxyl groups is 1. The van der Waals surface area contributed by atoms with Crippen LogP contribution in [0.4, 0.5) is 0 Å². The topological polar surface area (TPSA) is 76.0 Å². The summed E-state index contributed by atoms with van der Waals surface area (Å²) in [5, 5.41) is 22.6. The van der Waals surface area contributed by atoms with Crippen molar-refractivity contribution in [3.05, 3.63) is 47.0 Å². The van der Waals surface area contributed by atoms with Crippen LogP contribution in [0.2, 0.25) is 0 Å². The predicted molar refractivity (Wildman–Crippen MR) is 167 cm³/mol. The third-order valence-electron chi connectivity index (χ3n) is 14.9. The standard InChI is InChI=1S/C38H54O5/c1-23-8-10-24(11-9-23)31-42-22-35(5)28-14-15-37(7)29(34(28,4)21-27(39)30(35)43-31)13-12-25-26-20-33(2,3)16-18-38(26,32(40)41)19-17-36(25,37)6/h8-12,26-31,39H,13-22H2,1-7H3,(H,40,41)/t26-,27+,28+,29+,30-,31?,34-,35-,36+,37+,38-/m0/s1. The van der Waals surface area contributed by atoms with E-state index in [2.05, 4.69) is 78.8 Å². The molecule has 236 valence electrons. The van der Waals surface area contributed by atoms with Crippen molar-refractivity contribution in [1.29, 1.82) is 0 Å². The molecule has 1 unspecified atom stereocenters. The Bertz CT molecular complexity index is 1330. The van der Waals surface area contributed by atoms with Gasteiger partial charge in [-0.25, -0.2) is 0 Å². The van der Waals surface area contributed by atoms with Crippen molar-refractivity contribution < 1.29 is 24.5 Å². The Kier molecular flexibility index (Phi) is 6.57. The first-order valence-electron chi connectivity index (χ1n) is 17.1. The highest BCUT2D eigenvalue weighted by Crippen LogP contribution is 2.76. The smallest absolute Gasteiger partial charge is 0.310 e. The lowest BCUT2D eigenvalue weighted by molar-refractivity contribution is -0.339. The van der Waals surface area contributed by atoms with Gasteiger partial charge in [0.25, 0.3) is 0 Å². The van der Waals surface area contributed by atoms with Crippen LogP contribution in [0, 0.1) is 57.2 Å². The minimum atomic E-state index is -0.613. The van der Waals surface area contributed by atoms with Gasteiger partial charge < -0.3 is 19.7 Å². The van der Waals surface area contributed by atoms with Gasteiger partial charge in [0.15, 0.2) is 6.29 Å². The highest BCUT2D eigenvalue weighted by atomic mass is 16.7. The molecule has 7 rings (SSSR count). The van der Waals surface area contributed by atoms with E-state index in [-0.39, 0.29) is 39.1 Å². The fourth-order valence-corrected chi connectivity index (χ4v) is 12.3. The summed E-state index contributed by atoms with van der Waals surface area (Å²) in [7, 11) is 0. The average molecular weight is 591 g/mol. The summed E-state index contributed by atoms with van der Waals surface area (Å²) in [5.74, 6) is 0.353. The molecular weight excluding hydrogens is 536 g/mol. The molecule has 43 heavy (non-hydrogen) atoms. The molecule has 1 aliphatic heterocycles. The van der Waals surface area contributed by atoms with E-state index in [4.69, 9.17) is 9.47 Å². The first-order chi connectivity index (χ1) is 20.1. The number of carboxylic acids is 1. The molecule has 5 heteroatoms. The van der Waals surface area contributed by atoms with E-state index in [0.29, 0.717) is 18.4 Å². The van der Waals surface area contributed by atoms with Crippen LogP contribution < -0.4 is 0 Å². The molecule has 5 nitrogen and oxygen atoms in total. The molecule has 4 saturated carbocycles. The maximum Gasteiger partial charge on any atom is 0.310 e. The molecule has 11 atom stereocenters. The molecule has 1 saturated heterocycles. The number of rotatable bonds is 2. The number of hydrogen-bond acceptors (Lipinski definition) is 4. The number of carbonyl (C=O) groups is 1. The summed E-state index contributed by atoms with van der Waals surface area (Å²) in [6, 6.07) is 8.35. The summed E-state index contributed by atoms with van der Waals surface area (Å²) in [5.41, 5.74) is 2.94. The van der Waals surface area contributed by atoms with E-state index in [1.165, 1.54) is 11.1 Å². The second kappa shape index (κ2) is 9.42. The molecule has 0 aromatic heterocycles. The molecule has 5 aliphatic carbocycles. The fraction of sp³-hybridized carbons (Fsp3) is 0.763. The quantitative estimate of drug-likeness (QED) is 0.339. The van der Waals surface area contributed by atoms with Crippen molar-refractivity contribution in [1.82, 2.24) is 0 Å². The summed E-state index contributed by atoms with van der Waals surface area (Å²) in [6.07, 6.45) is 9.70. The Hall–Kier alpha value is -1.69. The number of benzene rings is 1. The largest absolute Gasteiger partial charge is 0.481 e. The third-order valence-corrected chi connectivity index (χ3v) is 14.9. The van der Waals surface area contributed by atoms with Crippen LogP contribution in [0.3, 0.4) is 0 Å². The van der Waals surface area contributed by atoms with Crippen LogP contribution in [0.5, 0.6) is 0 Å². The number of aliphatic hydroxyl groups excluding tert-OH is 1. The van der Waals surface area contributed by atoms with E-state index in [9.17, 15) is 15.0 Å². The average Bonchev–Trinajstić information content (AvgIpc) is 2.93. The minimum Gasteiger partial charge on any atom is -0.481 e.